The Morgan fingerprint density at radius 2 is 2.05 bits per heavy atom. The van der Waals surface area contributed by atoms with Gasteiger partial charge in [0.25, 0.3) is 0 Å². The highest BCUT2D eigenvalue weighted by molar-refractivity contribution is 8.00. The van der Waals surface area contributed by atoms with Crippen molar-refractivity contribution >= 4 is 17.8 Å². The van der Waals surface area contributed by atoms with Crippen molar-refractivity contribution < 1.29 is 18.3 Å². The molecule has 0 spiro atoms. The molecule has 2 saturated carbocycles. The van der Waals surface area contributed by atoms with E-state index in [4.69, 9.17) is 4.74 Å². The Labute approximate surface area is 134 Å². The number of ether oxygens (including phenoxy) is 1. The van der Waals surface area contributed by atoms with Crippen molar-refractivity contribution in [3.05, 3.63) is 0 Å². The molecule has 7 heteroatoms. The molecule has 2 unspecified atom stereocenters. The molecule has 0 radical (unpaired) electrons. The van der Waals surface area contributed by atoms with Crippen LogP contribution >= 0.6 is 11.8 Å². The first kappa shape index (κ1) is 16.3. The third-order valence-electron chi connectivity index (χ3n) is 5.39. The Kier molecular flexibility index (Phi) is 4.56. The van der Waals surface area contributed by atoms with Crippen LogP contribution in [0.2, 0.25) is 0 Å². The van der Waals surface area contributed by atoms with E-state index in [1.807, 2.05) is 16.7 Å². The third kappa shape index (κ3) is 3.20. The van der Waals surface area contributed by atoms with Crippen LogP contribution in [0.3, 0.4) is 0 Å². The fraction of sp³-hybridized carbons (Fsp3) is 0.933. The molecule has 1 heterocycles. The van der Waals surface area contributed by atoms with E-state index >= 15 is 0 Å². The van der Waals surface area contributed by atoms with E-state index in [1.165, 1.54) is 6.42 Å². The second-order valence-corrected chi connectivity index (χ2v) is 8.00. The summed E-state index contributed by atoms with van der Waals surface area (Å²) in [5, 5.41) is 3.52. The van der Waals surface area contributed by atoms with Gasteiger partial charge in [-0.25, -0.2) is 13.6 Å². The molecule has 1 N–H and O–H groups in total. The second kappa shape index (κ2) is 6.15. The predicted octanol–water partition coefficient (Wildman–Crippen LogP) is 2.87. The topological polar surface area (TPSA) is 41.6 Å². The number of carbonyl (C=O) groups is 1. The molecule has 126 valence electrons. The third-order valence-corrected chi connectivity index (χ3v) is 6.79. The Morgan fingerprint density at radius 1 is 1.32 bits per heavy atom. The molecule has 3 fully saturated rings. The van der Waals surface area contributed by atoms with E-state index in [9.17, 15) is 13.6 Å². The van der Waals surface area contributed by atoms with E-state index in [1.54, 1.807) is 7.11 Å². The number of rotatable bonds is 3. The molecular formula is C15H24F2N2O2S. The van der Waals surface area contributed by atoms with Crippen molar-refractivity contribution in [1.82, 2.24) is 10.2 Å². The van der Waals surface area contributed by atoms with Gasteiger partial charge in [0.1, 0.15) is 0 Å². The minimum absolute atomic E-state index is 0.0660. The average molecular weight is 334 g/mol. The van der Waals surface area contributed by atoms with Crippen molar-refractivity contribution in [2.24, 2.45) is 0 Å². The molecule has 0 bridgehead atoms. The maximum absolute atomic E-state index is 13.3. The first-order valence-electron chi connectivity index (χ1n) is 8.04. The lowest BCUT2D eigenvalue weighted by molar-refractivity contribution is -0.116. The van der Waals surface area contributed by atoms with Gasteiger partial charge in [0.15, 0.2) is 0 Å². The van der Waals surface area contributed by atoms with Crippen LogP contribution in [0.5, 0.6) is 0 Å². The number of thioether (sulfide) groups is 1. The van der Waals surface area contributed by atoms with Gasteiger partial charge in [-0.05, 0) is 25.7 Å². The Bertz CT molecular complexity index is 426. The van der Waals surface area contributed by atoms with Gasteiger partial charge in [0, 0.05) is 50.1 Å². The van der Waals surface area contributed by atoms with Gasteiger partial charge in [-0.15, -0.1) is 0 Å². The number of nitrogens with zero attached hydrogens (tertiary/aromatic N) is 1. The lowest BCUT2D eigenvalue weighted by Gasteiger charge is -2.48. The Morgan fingerprint density at radius 3 is 2.64 bits per heavy atom. The quantitative estimate of drug-likeness (QED) is 0.863. The molecule has 2 atom stereocenters. The number of urea groups is 1. The molecule has 0 aromatic rings. The van der Waals surface area contributed by atoms with Crippen LogP contribution < -0.4 is 5.32 Å². The summed E-state index contributed by atoms with van der Waals surface area (Å²) in [6.45, 7) is 1.09. The zero-order valence-electron chi connectivity index (χ0n) is 12.9. The monoisotopic (exact) mass is 334 g/mol. The van der Waals surface area contributed by atoms with Gasteiger partial charge in [0.05, 0.1) is 5.60 Å². The zero-order chi connectivity index (χ0) is 15.8. The molecule has 0 aromatic carbocycles. The molecule has 1 aliphatic heterocycles. The van der Waals surface area contributed by atoms with Gasteiger partial charge in [-0.2, -0.15) is 11.8 Å². The minimum atomic E-state index is -2.59. The number of carbonyl (C=O) groups excluding carboxylic acids is 1. The largest absolute Gasteiger partial charge is 0.376 e. The maximum atomic E-state index is 13.3. The highest BCUT2D eigenvalue weighted by Gasteiger charge is 2.45. The van der Waals surface area contributed by atoms with Crippen LogP contribution in [0.25, 0.3) is 0 Å². The predicted molar refractivity (Wildman–Crippen MR) is 82.5 cm³/mol. The number of nitrogens with one attached hydrogen (secondary N) is 1. The Balaban J connectivity index is 1.53. The highest BCUT2D eigenvalue weighted by atomic mass is 32.2. The van der Waals surface area contributed by atoms with Gasteiger partial charge in [0.2, 0.25) is 5.92 Å². The highest BCUT2D eigenvalue weighted by Crippen LogP contribution is 2.41. The first-order chi connectivity index (χ1) is 10.4. The average Bonchev–Trinajstić information content (AvgIpc) is 2.47. The number of halogens is 2. The second-order valence-electron chi connectivity index (χ2n) is 6.65. The van der Waals surface area contributed by atoms with Crippen LogP contribution in [0.4, 0.5) is 13.6 Å². The number of amides is 2. The summed E-state index contributed by atoms with van der Waals surface area (Å²) in [6, 6.07) is 0.289. The molecular weight excluding hydrogens is 310 g/mol. The number of hydrogen-bond donors (Lipinski definition) is 1. The molecule has 2 amide bonds. The molecule has 2 aliphatic carbocycles. The normalized spacial score (nSPS) is 32.8. The van der Waals surface area contributed by atoms with Gasteiger partial charge in [-0.1, -0.05) is 0 Å². The number of hydrogen-bond acceptors (Lipinski definition) is 3. The molecule has 0 aromatic heterocycles. The lowest BCUT2D eigenvalue weighted by Crippen LogP contribution is -2.60. The number of alkyl halides is 2. The molecule has 22 heavy (non-hydrogen) atoms. The summed E-state index contributed by atoms with van der Waals surface area (Å²) in [6.07, 6.45) is 2.52. The van der Waals surface area contributed by atoms with E-state index in [0.29, 0.717) is 30.7 Å². The van der Waals surface area contributed by atoms with E-state index < -0.39 is 11.5 Å². The summed E-state index contributed by atoms with van der Waals surface area (Å²) in [5.41, 5.74) is -0.638. The van der Waals surface area contributed by atoms with Crippen molar-refractivity contribution in [3.8, 4) is 0 Å². The van der Waals surface area contributed by atoms with Crippen molar-refractivity contribution in [1.29, 1.82) is 0 Å². The van der Waals surface area contributed by atoms with Crippen molar-refractivity contribution in [2.45, 2.75) is 61.3 Å². The summed E-state index contributed by atoms with van der Waals surface area (Å²) < 4.78 is 32.1. The van der Waals surface area contributed by atoms with E-state index in [-0.39, 0.29) is 18.9 Å². The van der Waals surface area contributed by atoms with Gasteiger partial charge in [-0.3, -0.25) is 0 Å². The maximum Gasteiger partial charge on any atom is 0.317 e. The molecule has 1 saturated heterocycles. The standard InChI is InChI=1S/C15H24F2N2O2S/c1-21-14(4-6-15(16,17)7-5-14)10-18-13(20)19-8-9-22-12-3-2-11(12)19/h11-12H,2-10H2,1H3,(H,18,20). The van der Waals surface area contributed by atoms with Gasteiger partial charge >= 0.3 is 6.03 Å². The van der Waals surface area contributed by atoms with Crippen molar-refractivity contribution in [2.75, 3.05) is 26.0 Å². The molecule has 3 aliphatic rings. The summed E-state index contributed by atoms with van der Waals surface area (Å²) in [4.78, 5) is 14.3. The van der Waals surface area contributed by atoms with Crippen molar-refractivity contribution in [3.63, 3.8) is 0 Å². The first-order valence-corrected chi connectivity index (χ1v) is 9.09. The smallest absolute Gasteiger partial charge is 0.317 e. The van der Waals surface area contributed by atoms with Gasteiger partial charge < -0.3 is 15.0 Å². The van der Waals surface area contributed by atoms with Crippen LogP contribution in [0.1, 0.15) is 38.5 Å². The van der Waals surface area contributed by atoms with Crippen LogP contribution in [-0.2, 0) is 4.74 Å². The lowest BCUT2D eigenvalue weighted by atomic mass is 9.82. The fourth-order valence-corrected chi connectivity index (χ4v) is 5.00. The van der Waals surface area contributed by atoms with E-state index in [2.05, 4.69) is 5.32 Å². The zero-order valence-corrected chi connectivity index (χ0v) is 13.8. The van der Waals surface area contributed by atoms with Crippen LogP contribution in [-0.4, -0.2) is 59.7 Å². The van der Waals surface area contributed by atoms with Crippen LogP contribution in [0.15, 0.2) is 0 Å². The number of methoxy groups -OCH3 is 1. The number of fused-ring (bicyclic) bond motifs is 1. The summed E-state index contributed by atoms with van der Waals surface area (Å²) in [7, 11) is 1.55. The molecule has 4 nitrogen and oxygen atoms in total. The SMILES string of the molecule is COC1(CNC(=O)N2CCSC3CCC32)CCC(F)(F)CC1. The fourth-order valence-electron chi connectivity index (χ4n) is 3.59. The minimum Gasteiger partial charge on any atom is -0.376 e. The Hall–Kier alpha value is -0.560. The molecule has 3 rings (SSSR count). The summed E-state index contributed by atoms with van der Waals surface area (Å²) in [5.74, 6) is -1.61. The van der Waals surface area contributed by atoms with E-state index in [0.717, 1.165) is 18.7 Å². The van der Waals surface area contributed by atoms with Crippen LogP contribution in [0, 0.1) is 0 Å². The summed E-state index contributed by atoms with van der Waals surface area (Å²) >= 11 is 1.95.